The second-order valence-electron chi connectivity index (χ2n) is 4.82. The summed E-state index contributed by atoms with van der Waals surface area (Å²) in [5.41, 5.74) is 0.638. The van der Waals surface area contributed by atoms with Crippen LogP contribution in [0.5, 0.6) is 11.5 Å². The van der Waals surface area contributed by atoms with E-state index in [0.29, 0.717) is 21.5 Å². The summed E-state index contributed by atoms with van der Waals surface area (Å²) in [5, 5.41) is 27.1. The van der Waals surface area contributed by atoms with E-state index in [9.17, 15) is 9.59 Å². The van der Waals surface area contributed by atoms with Gasteiger partial charge in [0.05, 0.1) is 24.2 Å². The number of carboxylic acids is 1. The smallest absolute Gasteiger partial charge is 0.305 e. The fourth-order valence-corrected chi connectivity index (χ4v) is 3.44. The molecular formula is C15H13BrN4O5S. The molecule has 1 atom stereocenters. The summed E-state index contributed by atoms with van der Waals surface area (Å²) in [7, 11) is 1.47. The van der Waals surface area contributed by atoms with E-state index in [-0.39, 0.29) is 18.2 Å². The average molecular weight is 441 g/mol. The van der Waals surface area contributed by atoms with Crippen molar-refractivity contribution in [3.05, 3.63) is 22.2 Å². The minimum Gasteiger partial charge on any atom is -0.493 e. The summed E-state index contributed by atoms with van der Waals surface area (Å²) < 4.78 is 11.1. The molecule has 0 spiro atoms. The van der Waals surface area contributed by atoms with E-state index in [1.807, 2.05) is 6.07 Å². The third kappa shape index (κ3) is 5.21. The number of methoxy groups -OCH3 is 1. The molecule has 0 radical (unpaired) electrons. The monoisotopic (exact) mass is 440 g/mol. The molecule has 1 heterocycles. The third-order valence-electron chi connectivity index (χ3n) is 3.02. The Bertz CT molecular complexity index is 821. The van der Waals surface area contributed by atoms with E-state index >= 15 is 0 Å². The topological polar surface area (TPSA) is 133 Å². The second kappa shape index (κ2) is 9.21. The van der Waals surface area contributed by atoms with Crippen LogP contribution in [-0.2, 0) is 9.59 Å². The molecule has 2 N–H and O–H groups in total. The highest BCUT2D eigenvalue weighted by Gasteiger charge is 2.32. The van der Waals surface area contributed by atoms with Gasteiger partial charge in [-0.05, 0) is 33.6 Å². The summed E-state index contributed by atoms with van der Waals surface area (Å²) in [6.07, 6.45) is 1.15. The SMILES string of the molecule is COc1cc(C=NN=C2NC(=O)C(CC(=O)O)S2)cc(Br)c1OCC#N. The zero-order valence-corrected chi connectivity index (χ0v) is 15.8. The molecule has 0 aliphatic carbocycles. The van der Waals surface area contributed by atoms with Crippen LogP contribution in [0, 0.1) is 11.3 Å². The van der Waals surface area contributed by atoms with E-state index in [4.69, 9.17) is 19.8 Å². The molecule has 11 heteroatoms. The molecule has 1 fully saturated rings. The lowest BCUT2D eigenvalue weighted by Crippen LogP contribution is -2.26. The Hall–Kier alpha value is -2.58. The van der Waals surface area contributed by atoms with Crippen molar-refractivity contribution in [1.29, 1.82) is 5.26 Å². The van der Waals surface area contributed by atoms with Gasteiger partial charge in [0, 0.05) is 0 Å². The Labute approximate surface area is 161 Å². The van der Waals surface area contributed by atoms with Gasteiger partial charge in [-0.15, -0.1) is 5.10 Å². The zero-order valence-electron chi connectivity index (χ0n) is 13.4. The van der Waals surface area contributed by atoms with E-state index in [2.05, 4.69) is 31.4 Å². The Kier molecular flexibility index (Phi) is 6.99. The normalized spacial score (nSPS) is 18.0. The highest BCUT2D eigenvalue weighted by atomic mass is 79.9. The van der Waals surface area contributed by atoms with Crippen molar-refractivity contribution in [1.82, 2.24) is 5.32 Å². The zero-order chi connectivity index (χ0) is 19.1. The van der Waals surface area contributed by atoms with Gasteiger partial charge in [0.15, 0.2) is 23.3 Å². The van der Waals surface area contributed by atoms with Gasteiger partial charge in [0.25, 0.3) is 0 Å². The van der Waals surface area contributed by atoms with Crippen LogP contribution in [0.3, 0.4) is 0 Å². The fraction of sp³-hybridized carbons (Fsp3) is 0.267. The molecule has 1 aliphatic rings. The van der Waals surface area contributed by atoms with Crippen molar-refractivity contribution < 1.29 is 24.2 Å². The number of hydrogen-bond donors (Lipinski definition) is 2. The molecule has 1 unspecified atom stereocenters. The predicted octanol–water partition coefficient (Wildman–Crippen LogP) is 1.76. The minimum absolute atomic E-state index is 0.121. The number of nitrogens with one attached hydrogen (secondary N) is 1. The summed E-state index contributed by atoms with van der Waals surface area (Å²) >= 11 is 4.35. The first-order chi connectivity index (χ1) is 12.4. The average Bonchev–Trinajstić information content (AvgIpc) is 2.92. The highest BCUT2D eigenvalue weighted by Crippen LogP contribution is 2.36. The lowest BCUT2D eigenvalue weighted by atomic mass is 10.2. The van der Waals surface area contributed by atoms with Crippen LogP contribution < -0.4 is 14.8 Å². The third-order valence-corrected chi connectivity index (χ3v) is 4.69. The molecule has 0 saturated carbocycles. The molecule has 2 rings (SSSR count). The Morgan fingerprint density at radius 2 is 2.35 bits per heavy atom. The maximum atomic E-state index is 11.6. The van der Waals surface area contributed by atoms with E-state index in [1.54, 1.807) is 12.1 Å². The largest absolute Gasteiger partial charge is 0.493 e. The van der Waals surface area contributed by atoms with Crippen molar-refractivity contribution in [2.75, 3.05) is 13.7 Å². The Morgan fingerprint density at radius 3 is 3.00 bits per heavy atom. The standard InChI is InChI=1S/C15H13BrN4O5S/c1-24-10-5-8(4-9(16)13(10)25-3-2-17)7-18-20-15-19-14(23)11(26-15)6-12(21)22/h4-5,7,11H,3,6H2,1H3,(H,21,22)(H,19,20,23). The van der Waals surface area contributed by atoms with E-state index in [1.165, 1.54) is 13.3 Å². The summed E-state index contributed by atoms with van der Waals surface area (Å²) in [5.74, 6) is -0.658. The number of nitrogens with zero attached hydrogens (tertiary/aromatic N) is 3. The number of carboxylic acid groups (broad SMARTS) is 1. The van der Waals surface area contributed by atoms with Gasteiger partial charge in [-0.25, -0.2) is 0 Å². The molecule has 9 nitrogen and oxygen atoms in total. The molecule has 136 valence electrons. The van der Waals surface area contributed by atoms with Crippen molar-refractivity contribution in [3.8, 4) is 17.6 Å². The van der Waals surface area contributed by atoms with Crippen molar-refractivity contribution in [2.45, 2.75) is 11.7 Å². The number of amides is 1. The molecule has 0 aromatic heterocycles. The summed E-state index contributed by atoms with van der Waals surface area (Å²) in [6, 6.07) is 5.23. The summed E-state index contributed by atoms with van der Waals surface area (Å²) in [6.45, 7) is -0.121. The second-order valence-corrected chi connectivity index (χ2v) is 6.87. The molecule has 1 saturated heterocycles. The van der Waals surface area contributed by atoms with Crippen LogP contribution in [0.4, 0.5) is 0 Å². The first-order valence-corrected chi connectivity index (χ1v) is 8.79. The number of carbonyl (C=O) groups is 2. The summed E-state index contributed by atoms with van der Waals surface area (Å²) in [4.78, 5) is 22.3. The number of ether oxygens (including phenoxy) is 2. The number of amidine groups is 1. The molecule has 26 heavy (non-hydrogen) atoms. The first-order valence-electron chi connectivity index (χ1n) is 7.12. The quantitative estimate of drug-likeness (QED) is 0.487. The van der Waals surface area contributed by atoms with Gasteiger partial charge in [0.1, 0.15) is 11.3 Å². The van der Waals surface area contributed by atoms with Gasteiger partial charge < -0.3 is 19.9 Å². The molecule has 1 aromatic carbocycles. The number of halogens is 1. The lowest BCUT2D eigenvalue weighted by molar-refractivity contribution is -0.138. The van der Waals surface area contributed by atoms with Crippen LogP contribution in [0.25, 0.3) is 0 Å². The number of carbonyl (C=O) groups excluding carboxylic acids is 1. The number of benzene rings is 1. The maximum Gasteiger partial charge on any atom is 0.305 e. The van der Waals surface area contributed by atoms with Crippen molar-refractivity contribution in [3.63, 3.8) is 0 Å². The molecule has 0 bridgehead atoms. The van der Waals surface area contributed by atoms with E-state index < -0.39 is 17.1 Å². The van der Waals surface area contributed by atoms with Gasteiger partial charge in [-0.1, -0.05) is 11.8 Å². The van der Waals surface area contributed by atoms with Gasteiger partial charge in [-0.2, -0.15) is 10.4 Å². The number of nitriles is 1. The van der Waals surface area contributed by atoms with Gasteiger partial charge >= 0.3 is 5.97 Å². The fourth-order valence-electron chi connectivity index (χ4n) is 1.95. The maximum absolute atomic E-state index is 11.6. The lowest BCUT2D eigenvalue weighted by Gasteiger charge is -2.11. The number of thioether (sulfide) groups is 1. The number of hydrogen-bond acceptors (Lipinski definition) is 8. The minimum atomic E-state index is -1.06. The van der Waals surface area contributed by atoms with Gasteiger partial charge in [0.2, 0.25) is 5.91 Å². The van der Waals surface area contributed by atoms with Crippen LogP contribution >= 0.6 is 27.7 Å². The predicted molar refractivity (Wildman–Crippen MR) is 98.6 cm³/mol. The first kappa shape index (κ1) is 19.7. The van der Waals surface area contributed by atoms with Crippen LogP contribution in [-0.4, -0.2) is 47.3 Å². The molecule has 1 aliphatic heterocycles. The van der Waals surface area contributed by atoms with Crippen LogP contribution in [0.15, 0.2) is 26.8 Å². The van der Waals surface area contributed by atoms with Crippen LogP contribution in [0.1, 0.15) is 12.0 Å². The molecular weight excluding hydrogens is 428 g/mol. The molecule has 1 amide bonds. The van der Waals surface area contributed by atoms with Crippen molar-refractivity contribution >= 4 is 51.0 Å². The Balaban J connectivity index is 2.11. The van der Waals surface area contributed by atoms with Gasteiger partial charge in [-0.3, -0.25) is 9.59 Å². The molecule has 1 aromatic rings. The van der Waals surface area contributed by atoms with E-state index in [0.717, 1.165) is 11.8 Å². The van der Waals surface area contributed by atoms with Crippen molar-refractivity contribution in [2.24, 2.45) is 10.2 Å². The Morgan fingerprint density at radius 1 is 1.58 bits per heavy atom. The van der Waals surface area contributed by atoms with Crippen LogP contribution in [0.2, 0.25) is 0 Å². The highest BCUT2D eigenvalue weighted by molar-refractivity contribution is 9.10. The number of rotatable bonds is 7. The number of aliphatic carboxylic acids is 1.